The predicted molar refractivity (Wildman–Crippen MR) is 73.7 cm³/mol. The van der Waals surface area contributed by atoms with Crippen molar-refractivity contribution < 1.29 is 9.53 Å². The van der Waals surface area contributed by atoms with Crippen molar-refractivity contribution in [1.29, 1.82) is 0 Å². The van der Waals surface area contributed by atoms with Crippen LogP contribution in [0.15, 0.2) is 9.98 Å². The molecule has 18 heavy (non-hydrogen) atoms. The fraction of sp³-hybridized carbons (Fsp3) is 0.667. The van der Waals surface area contributed by atoms with Crippen molar-refractivity contribution in [1.82, 2.24) is 4.98 Å². The average molecular weight is 331 g/mol. The van der Waals surface area contributed by atoms with Gasteiger partial charge in [0.25, 0.3) is 0 Å². The van der Waals surface area contributed by atoms with Crippen molar-refractivity contribution in [2.24, 2.45) is 17.8 Å². The van der Waals surface area contributed by atoms with Crippen molar-refractivity contribution in [3.05, 3.63) is 9.98 Å². The van der Waals surface area contributed by atoms with Crippen molar-refractivity contribution in [2.45, 2.75) is 12.8 Å². The molecule has 1 aromatic rings. The Hall–Kier alpha value is -0.620. The molecule has 2 heterocycles. The Balaban J connectivity index is 1.77. The first-order chi connectivity index (χ1) is 8.69. The van der Waals surface area contributed by atoms with Crippen LogP contribution in [0.5, 0.6) is 0 Å². The molecule has 2 bridgehead atoms. The average Bonchev–Trinajstić information content (AvgIpc) is 2.90. The van der Waals surface area contributed by atoms with Crippen LogP contribution in [0.3, 0.4) is 0 Å². The fourth-order valence-electron chi connectivity index (χ4n) is 3.29. The van der Waals surface area contributed by atoms with Crippen LogP contribution in [0.25, 0.3) is 0 Å². The molecule has 0 N–H and O–H groups in total. The zero-order chi connectivity index (χ0) is 12.7. The first-order valence-corrected chi connectivity index (χ1v) is 7.80. The summed E-state index contributed by atoms with van der Waals surface area (Å²) in [6.07, 6.45) is 2.26. The minimum absolute atomic E-state index is 0.0255. The van der Waals surface area contributed by atoms with Gasteiger partial charge >= 0.3 is 5.97 Å². The van der Waals surface area contributed by atoms with Crippen molar-refractivity contribution >= 4 is 38.4 Å². The van der Waals surface area contributed by atoms with Crippen molar-refractivity contribution in [3.63, 3.8) is 0 Å². The van der Waals surface area contributed by atoms with Gasteiger partial charge in [0.2, 0.25) is 0 Å². The minimum atomic E-state index is -0.0255. The van der Waals surface area contributed by atoms with Gasteiger partial charge in [-0.2, -0.15) is 0 Å². The van der Waals surface area contributed by atoms with Gasteiger partial charge in [-0.05, 0) is 40.6 Å². The van der Waals surface area contributed by atoms with Gasteiger partial charge in [0, 0.05) is 18.5 Å². The number of halogens is 1. The van der Waals surface area contributed by atoms with Gasteiger partial charge in [0.1, 0.15) is 4.60 Å². The zero-order valence-electron chi connectivity index (χ0n) is 10.1. The van der Waals surface area contributed by atoms with Crippen LogP contribution in [0.1, 0.15) is 12.8 Å². The number of fused-ring (bicyclic) bond motifs is 2. The Bertz CT molecular complexity index is 451. The molecule has 1 aromatic heterocycles. The Morgan fingerprint density at radius 3 is 2.67 bits per heavy atom. The van der Waals surface area contributed by atoms with E-state index in [0.717, 1.165) is 35.7 Å². The lowest BCUT2D eigenvalue weighted by Gasteiger charge is -2.36. The number of carbonyl (C=O) groups is 1. The lowest BCUT2D eigenvalue weighted by atomic mass is 9.85. The molecule has 3 rings (SSSR count). The highest BCUT2D eigenvalue weighted by molar-refractivity contribution is 9.10. The summed E-state index contributed by atoms with van der Waals surface area (Å²) in [5.74, 6) is 0.940. The van der Waals surface area contributed by atoms with Crippen LogP contribution in [0, 0.1) is 17.8 Å². The van der Waals surface area contributed by atoms with Crippen LogP contribution >= 0.6 is 27.3 Å². The Morgan fingerprint density at radius 1 is 1.50 bits per heavy atom. The second-order valence-corrected chi connectivity index (χ2v) is 6.65. The van der Waals surface area contributed by atoms with Crippen LogP contribution < -0.4 is 4.90 Å². The summed E-state index contributed by atoms with van der Waals surface area (Å²) in [4.78, 5) is 18.6. The van der Waals surface area contributed by atoms with Gasteiger partial charge in [-0.15, -0.1) is 11.3 Å². The summed E-state index contributed by atoms with van der Waals surface area (Å²) in [5, 5.41) is 3.06. The maximum absolute atomic E-state index is 11.8. The molecule has 2 aliphatic rings. The van der Waals surface area contributed by atoms with E-state index in [1.54, 1.807) is 11.3 Å². The number of aromatic nitrogens is 1. The topological polar surface area (TPSA) is 42.4 Å². The van der Waals surface area contributed by atoms with Gasteiger partial charge in [-0.1, -0.05) is 0 Å². The molecule has 2 atom stereocenters. The van der Waals surface area contributed by atoms with E-state index in [0.29, 0.717) is 11.8 Å². The van der Waals surface area contributed by atoms with Crippen molar-refractivity contribution in [2.75, 3.05) is 25.1 Å². The van der Waals surface area contributed by atoms with Crippen LogP contribution in [0.2, 0.25) is 0 Å². The Labute approximate surface area is 118 Å². The standard InChI is InChI=1S/C12H15BrN2O2S/c1-17-11(16)10-7-2-3-8(10)5-15(4-7)12-14-9(13)6-18-12/h6-8,10H,2-5H2,1H3/t7-,8-/m0/s1. The third kappa shape index (κ3) is 2.05. The number of rotatable bonds is 2. The summed E-state index contributed by atoms with van der Waals surface area (Å²) in [6, 6.07) is 0. The second-order valence-electron chi connectivity index (χ2n) is 5.00. The van der Waals surface area contributed by atoms with E-state index in [4.69, 9.17) is 4.74 Å². The third-order valence-corrected chi connectivity index (χ3v) is 5.65. The lowest BCUT2D eigenvalue weighted by Crippen LogP contribution is -2.45. The lowest BCUT2D eigenvalue weighted by molar-refractivity contribution is -0.148. The zero-order valence-corrected chi connectivity index (χ0v) is 12.5. The molecule has 4 nitrogen and oxygen atoms in total. The van der Waals surface area contributed by atoms with Gasteiger partial charge in [-0.25, -0.2) is 4.98 Å². The number of piperidine rings is 1. The SMILES string of the molecule is COC(=O)C1[C@H]2CC[C@H]1CN(c1nc(Br)cs1)C2. The summed E-state index contributed by atoms with van der Waals surface area (Å²) < 4.78 is 5.83. The number of ether oxygens (including phenoxy) is 1. The first kappa shape index (κ1) is 12.4. The fourth-order valence-corrected chi connectivity index (χ4v) is 4.56. The predicted octanol–water partition coefficient (Wildman–Crippen LogP) is 2.54. The molecule has 2 fully saturated rings. The van der Waals surface area contributed by atoms with Crippen LogP contribution in [-0.4, -0.2) is 31.2 Å². The van der Waals surface area contributed by atoms with Crippen LogP contribution in [-0.2, 0) is 9.53 Å². The Kier molecular flexibility index (Phi) is 3.32. The maximum Gasteiger partial charge on any atom is 0.309 e. The third-order valence-electron chi connectivity index (χ3n) is 4.04. The number of thiazole rings is 1. The number of hydrogen-bond donors (Lipinski definition) is 0. The molecule has 0 radical (unpaired) electrons. The number of esters is 1. The summed E-state index contributed by atoms with van der Waals surface area (Å²) in [6.45, 7) is 1.85. The highest BCUT2D eigenvalue weighted by Crippen LogP contribution is 2.44. The second kappa shape index (κ2) is 4.81. The summed E-state index contributed by atoms with van der Waals surface area (Å²) >= 11 is 5.04. The molecule has 0 amide bonds. The summed E-state index contributed by atoms with van der Waals surface area (Å²) in [7, 11) is 1.49. The number of hydrogen-bond acceptors (Lipinski definition) is 5. The van der Waals surface area contributed by atoms with Gasteiger partial charge in [0.05, 0.1) is 13.0 Å². The number of methoxy groups -OCH3 is 1. The first-order valence-electron chi connectivity index (χ1n) is 6.13. The summed E-state index contributed by atoms with van der Waals surface area (Å²) in [5.41, 5.74) is 0. The molecular formula is C12H15BrN2O2S. The van der Waals surface area contributed by atoms with E-state index >= 15 is 0 Å². The smallest absolute Gasteiger partial charge is 0.309 e. The maximum atomic E-state index is 11.8. The van der Waals surface area contributed by atoms with Crippen molar-refractivity contribution in [3.8, 4) is 0 Å². The molecule has 0 unspecified atom stereocenters. The molecular weight excluding hydrogens is 316 g/mol. The largest absolute Gasteiger partial charge is 0.469 e. The number of anilines is 1. The molecule has 1 saturated heterocycles. The van der Waals surface area contributed by atoms with Gasteiger partial charge < -0.3 is 9.64 Å². The van der Waals surface area contributed by atoms with Gasteiger partial charge in [0.15, 0.2) is 5.13 Å². The number of carbonyl (C=O) groups excluding carboxylic acids is 1. The highest BCUT2D eigenvalue weighted by Gasteiger charge is 2.46. The quantitative estimate of drug-likeness (QED) is 0.781. The normalized spacial score (nSPS) is 30.6. The molecule has 1 saturated carbocycles. The van der Waals surface area contributed by atoms with E-state index in [1.165, 1.54) is 7.11 Å². The molecule has 6 heteroatoms. The van der Waals surface area contributed by atoms with E-state index in [1.807, 2.05) is 5.38 Å². The van der Waals surface area contributed by atoms with Crippen LogP contribution in [0.4, 0.5) is 5.13 Å². The minimum Gasteiger partial charge on any atom is -0.469 e. The van der Waals surface area contributed by atoms with E-state index in [2.05, 4.69) is 25.8 Å². The molecule has 98 valence electrons. The molecule has 1 aliphatic heterocycles. The molecule has 1 aliphatic carbocycles. The Morgan fingerprint density at radius 2 is 2.17 bits per heavy atom. The monoisotopic (exact) mass is 330 g/mol. The number of nitrogens with zero attached hydrogens (tertiary/aromatic N) is 2. The van der Waals surface area contributed by atoms with E-state index < -0.39 is 0 Å². The molecule has 0 aromatic carbocycles. The van der Waals surface area contributed by atoms with E-state index in [-0.39, 0.29) is 11.9 Å². The highest BCUT2D eigenvalue weighted by atomic mass is 79.9. The van der Waals surface area contributed by atoms with E-state index in [9.17, 15) is 4.79 Å². The molecule has 0 spiro atoms. The van der Waals surface area contributed by atoms with Gasteiger partial charge in [-0.3, -0.25) is 4.79 Å².